The van der Waals surface area contributed by atoms with Gasteiger partial charge in [-0.25, -0.2) is 0 Å². The quantitative estimate of drug-likeness (QED) is 0.164. The van der Waals surface area contributed by atoms with Crippen LogP contribution in [0.2, 0.25) is 0 Å². The molecule has 0 aliphatic carbocycles. The molecule has 0 aliphatic rings. The highest BCUT2D eigenvalue weighted by Gasteiger charge is 2.22. The second-order valence-electron chi connectivity index (χ2n) is 15.4. The Hall–Kier alpha value is -7.26. The van der Waals surface area contributed by atoms with Gasteiger partial charge in [-0.3, -0.25) is 0 Å². The van der Waals surface area contributed by atoms with Gasteiger partial charge in [0.15, 0.2) is 0 Å². The fourth-order valence-electron chi connectivity index (χ4n) is 10.0. The van der Waals surface area contributed by atoms with Crippen molar-refractivity contribution >= 4 is 107 Å². The van der Waals surface area contributed by atoms with Crippen LogP contribution in [0.4, 0.5) is 0 Å². The van der Waals surface area contributed by atoms with E-state index in [-0.39, 0.29) is 0 Å². The van der Waals surface area contributed by atoms with E-state index in [0.29, 0.717) is 0 Å². The number of furan rings is 1. The van der Waals surface area contributed by atoms with Crippen LogP contribution in [0.15, 0.2) is 199 Å². The summed E-state index contributed by atoms with van der Waals surface area (Å²) in [5.74, 6) is 0. The fourth-order valence-corrected chi connectivity index (χ4v) is 11.1. The van der Waals surface area contributed by atoms with Crippen LogP contribution < -0.4 is 0 Å². The smallest absolute Gasteiger partial charge is 0.144 e. The van der Waals surface area contributed by atoms with E-state index in [1.54, 1.807) is 0 Å². The minimum Gasteiger partial charge on any atom is -0.455 e. The van der Waals surface area contributed by atoms with Crippen molar-refractivity contribution < 1.29 is 4.42 Å². The third-order valence-corrected chi connectivity index (χ3v) is 13.6. The molecule has 2 heteroatoms. The molecular weight excluding hydrogens is 721 g/mol. The Morgan fingerprint density at radius 3 is 1.48 bits per heavy atom. The van der Waals surface area contributed by atoms with Crippen molar-refractivity contribution in [2.75, 3.05) is 0 Å². The highest BCUT2D eigenvalue weighted by atomic mass is 32.1. The second kappa shape index (κ2) is 12.1. The van der Waals surface area contributed by atoms with Gasteiger partial charge in [-0.1, -0.05) is 170 Å². The number of thiophene rings is 1. The molecule has 0 saturated heterocycles. The molecule has 2 heterocycles. The summed E-state index contributed by atoms with van der Waals surface area (Å²) in [6, 6.07) is 71.4. The van der Waals surface area contributed by atoms with Crippen molar-refractivity contribution in [3.8, 4) is 33.4 Å². The van der Waals surface area contributed by atoms with Crippen molar-refractivity contribution in [1.29, 1.82) is 0 Å². The van der Waals surface area contributed by atoms with Gasteiger partial charge >= 0.3 is 0 Å². The summed E-state index contributed by atoms with van der Waals surface area (Å²) in [6.07, 6.45) is 0. The summed E-state index contributed by atoms with van der Waals surface area (Å²) in [5, 5.41) is 17.2. The standard InChI is InChI=1S/C56H32OS/c1-2-16-34-33(14-1)15-13-26-39(34)52-41-21-7-9-23-43(41)53(44-24-10-8-22-42(44)52)45-29-28-38(35-17-3-4-18-36(35)45)48-32-49-54(40-20-6-5-19-37(40)48)47-30-31-51-55(56(47)57-49)46-25-11-12-27-50(46)58-51/h1-32H. The average molecular weight is 753 g/mol. The van der Waals surface area contributed by atoms with E-state index in [2.05, 4.69) is 194 Å². The highest BCUT2D eigenvalue weighted by Crippen LogP contribution is 2.50. The largest absolute Gasteiger partial charge is 0.455 e. The average Bonchev–Trinajstić information content (AvgIpc) is 3.86. The second-order valence-corrected chi connectivity index (χ2v) is 16.5. The third kappa shape index (κ3) is 4.41. The first kappa shape index (κ1) is 31.9. The van der Waals surface area contributed by atoms with Crippen molar-refractivity contribution in [2.45, 2.75) is 0 Å². The lowest BCUT2D eigenvalue weighted by atomic mass is 9.82. The normalized spacial score (nSPS) is 12.1. The Balaban J connectivity index is 1.09. The molecule has 0 N–H and O–H groups in total. The van der Waals surface area contributed by atoms with Crippen LogP contribution in [0.5, 0.6) is 0 Å². The van der Waals surface area contributed by atoms with Crippen molar-refractivity contribution in [2.24, 2.45) is 0 Å². The summed E-state index contributed by atoms with van der Waals surface area (Å²) < 4.78 is 9.52. The Labute approximate surface area is 337 Å². The van der Waals surface area contributed by atoms with Crippen LogP contribution in [-0.2, 0) is 0 Å². The van der Waals surface area contributed by atoms with Gasteiger partial charge < -0.3 is 4.42 Å². The molecule has 0 bridgehead atoms. The molecule has 0 spiro atoms. The van der Waals surface area contributed by atoms with Crippen LogP contribution >= 0.6 is 11.3 Å². The molecule has 11 aromatic carbocycles. The Kier molecular flexibility index (Phi) is 6.66. The molecule has 2 aromatic heterocycles. The minimum atomic E-state index is 0.917. The molecule has 0 saturated carbocycles. The number of benzene rings is 11. The Morgan fingerprint density at radius 1 is 0.293 bits per heavy atom. The number of hydrogen-bond acceptors (Lipinski definition) is 2. The maximum Gasteiger partial charge on any atom is 0.144 e. The molecule has 0 aliphatic heterocycles. The zero-order valence-electron chi connectivity index (χ0n) is 31.3. The van der Waals surface area contributed by atoms with E-state index >= 15 is 0 Å². The zero-order chi connectivity index (χ0) is 37.9. The third-order valence-electron chi connectivity index (χ3n) is 12.5. The van der Waals surface area contributed by atoms with E-state index in [0.717, 1.165) is 11.2 Å². The lowest BCUT2D eigenvalue weighted by Gasteiger charge is -2.20. The lowest BCUT2D eigenvalue weighted by Crippen LogP contribution is -1.93. The van der Waals surface area contributed by atoms with E-state index in [1.807, 2.05) is 11.3 Å². The number of hydrogen-bond donors (Lipinski definition) is 0. The van der Waals surface area contributed by atoms with E-state index < -0.39 is 0 Å². The highest BCUT2D eigenvalue weighted by molar-refractivity contribution is 7.26. The predicted molar refractivity (Wildman–Crippen MR) is 250 cm³/mol. The first-order valence-electron chi connectivity index (χ1n) is 19.9. The molecule has 0 amide bonds. The fraction of sp³-hybridized carbons (Fsp3) is 0. The summed E-state index contributed by atoms with van der Waals surface area (Å²) in [5.41, 5.74) is 9.31. The SMILES string of the molecule is c1ccc2c(-c3c4ccccc4c(-c4ccc(-c5cc6oc7c(ccc8sc9ccccc9c87)c6c6ccccc56)c5ccccc45)c4ccccc34)cccc2c1. The predicted octanol–water partition coefficient (Wildman–Crippen LogP) is 16.7. The first-order valence-corrected chi connectivity index (χ1v) is 20.7. The van der Waals surface area contributed by atoms with Crippen LogP contribution in [0.3, 0.4) is 0 Å². The molecule has 0 unspecified atom stereocenters. The lowest BCUT2D eigenvalue weighted by molar-refractivity contribution is 0.673. The molecule has 58 heavy (non-hydrogen) atoms. The molecule has 0 radical (unpaired) electrons. The van der Waals surface area contributed by atoms with Gasteiger partial charge in [-0.2, -0.15) is 0 Å². The van der Waals surface area contributed by atoms with Gasteiger partial charge in [0.05, 0.1) is 0 Å². The van der Waals surface area contributed by atoms with Crippen LogP contribution in [0.1, 0.15) is 0 Å². The number of fused-ring (bicyclic) bond motifs is 13. The van der Waals surface area contributed by atoms with E-state index in [4.69, 9.17) is 4.42 Å². The maximum atomic E-state index is 6.99. The Morgan fingerprint density at radius 2 is 0.793 bits per heavy atom. The minimum absolute atomic E-state index is 0.917. The van der Waals surface area contributed by atoms with Crippen molar-refractivity contribution in [3.05, 3.63) is 194 Å². The first-order chi connectivity index (χ1) is 28.8. The van der Waals surface area contributed by atoms with Gasteiger partial charge in [-0.05, 0) is 112 Å². The zero-order valence-corrected chi connectivity index (χ0v) is 32.1. The Bertz CT molecular complexity index is 3800. The van der Waals surface area contributed by atoms with Crippen molar-refractivity contribution in [1.82, 2.24) is 0 Å². The van der Waals surface area contributed by atoms with Gasteiger partial charge in [0.1, 0.15) is 11.2 Å². The van der Waals surface area contributed by atoms with Crippen molar-refractivity contribution in [3.63, 3.8) is 0 Å². The molecule has 268 valence electrons. The van der Waals surface area contributed by atoms with E-state index in [1.165, 1.54) is 118 Å². The van der Waals surface area contributed by atoms with Crippen LogP contribution in [0.25, 0.3) is 129 Å². The summed E-state index contributed by atoms with van der Waals surface area (Å²) in [4.78, 5) is 0. The summed E-state index contributed by atoms with van der Waals surface area (Å²) in [6.45, 7) is 0. The molecule has 13 aromatic rings. The molecule has 0 atom stereocenters. The molecule has 1 nitrogen and oxygen atoms in total. The maximum absolute atomic E-state index is 6.99. The number of rotatable bonds is 3. The van der Waals surface area contributed by atoms with Crippen LogP contribution in [-0.4, -0.2) is 0 Å². The van der Waals surface area contributed by atoms with Gasteiger partial charge in [0.25, 0.3) is 0 Å². The molecule has 0 fully saturated rings. The monoisotopic (exact) mass is 752 g/mol. The van der Waals surface area contributed by atoms with Gasteiger partial charge in [-0.15, -0.1) is 11.3 Å². The molecule has 13 rings (SSSR count). The molecular formula is C56H32OS. The topological polar surface area (TPSA) is 13.1 Å². The van der Waals surface area contributed by atoms with Gasteiger partial charge in [0.2, 0.25) is 0 Å². The van der Waals surface area contributed by atoms with Crippen LogP contribution in [0, 0.1) is 0 Å². The summed E-state index contributed by atoms with van der Waals surface area (Å²) in [7, 11) is 0. The summed E-state index contributed by atoms with van der Waals surface area (Å²) >= 11 is 1.83. The van der Waals surface area contributed by atoms with Gasteiger partial charge in [0, 0.05) is 30.9 Å². The van der Waals surface area contributed by atoms with E-state index in [9.17, 15) is 0 Å².